The second kappa shape index (κ2) is 9.12. The molecule has 6 rings (SSSR count). The summed E-state index contributed by atoms with van der Waals surface area (Å²) in [5.74, 6) is 1.29. The van der Waals surface area contributed by atoms with Crippen molar-refractivity contribution in [2.45, 2.75) is 69.1 Å². The average molecular weight is 513 g/mol. The van der Waals surface area contributed by atoms with Gasteiger partial charge in [-0.05, 0) is 62.8 Å². The van der Waals surface area contributed by atoms with Crippen LogP contribution in [0.4, 0.5) is 5.82 Å². The zero-order valence-electron chi connectivity index (χ0n) is 19.1. The van der Waals surface area contributed by atoms with E-state index in [0.717, 1.165) is 66.9 Å². The molecule has 2 aromatic heterocycles. The van der Waals surface area contributed by atoms with E-state index in [1.165, 1.54) is 6.20 Å². The van der Waals surface area contributed by atoms with E-state index in [4.69, 9.17) is 32.8 Å². The second-order valence-electron chi connectivity index (χ2n) is 9.80. The van der Waals surface area contributed by atoms with Gasteiger partial charge in [0.05, 0.1) is 15.6 Å². The number of aromatic nitrogens is 2. The van der Waals surface area contributed by atoms with E-state index in [-0.39, 0.29) is 5.56 Å². The number of aromatic carboxylic acids is 1. The fraction of sp³-hybridized carbons (Fsp3) is 0.423. The van der Waals surface area contributed by atoms with Crippen LogP contribution in [0, 0.1) is 0 Å². The smallest absolute Gasteiger partial charge is 0.337 e. The molecule has 3 aromatic rings. The number of hydrogen-bond acceptors (Lipinski definition) is 6. The molecule has 2 N–H and O–H groups in total. The first kappa shape index (κ1) is 22.8. The highest BCUT2D eigenvalue weighted by Crippen LogP contribution is 2.46. The standard InChI is InChI=1S/C26H26Cl2N4O3/c27-20-2-1-3-21(28)23(20)24-19(25(35-31-24)14-4-5-14)13-29-16-10-17-7-8-18(11-16)32(17)22-9-6-15(12-30-22)26(33)34/h1-3,6,9,12,14,16-18,29H,4-5,7-8,10-11,13H2,(H,33,34). The highest BCUT2D eigenvalue weighted by Gasteiger charge is 2.41. The van der Waals surface area contributed by atoms with Crippen LogP contribution in [0.5, 0.6) is 0 Å². The Kier molecular flexibility index (Phi) is 5.95. The van der Waals surface area contributed by atoms with Gasteiger partial charge in [0.1, 0.15) is 17.3 Å². The number of hydrogen-bond donors (Lipinski definition) is 2. The van der Waals surface area contributed by atoms with Gasteiger partial charge in [0.25, 0.3) is 0 Å². The molecule has 1 saturated carbocycles. The van der Waals surface area contributed by atoms with Crippen LogP contribution in [0.15, 0.2) is 41.1 Å². The lowest BCUT2D eigenvalue weighted by atomic mass is 9.96. The van der Waals surface area contributed by atoms with Gasteiger partial charge >= 0.3 is 5.97 Å². The Balaban J connectivity index is 1.19. The molecular formula is C26H26Cl2N4O3. The second-order valence-corrected chi connectivity index (χ2v) is 10.6. The molecule has 2 bridgehead atoms. The van der Waals surface area contributed by atoms with E-state index in [1.54, 1.807) is 6.07 Å². The lowest BCUT2D eigenvalue weighted by Crippen LogP contribution is -2.49. The Morgan fingerprint density at radius 2 is 1.80 bits per heavy atom. The van der Waals surface area contributed by atoms with Crippen molar-refractivity contribution in [3.8, 4) is 11.3 Å². The van der Waals surface area contributed by atoms with Gasteiger partial charge in [-0.25, -0.2) is 9.78 Å². The van der Waals surface area contributed by atoms with Crippen LogP contribution in [0.2, 0.25) is 10.0 Å². The number of carbonyl (C=O) groups is 1. The van der Waals surface area contributed by atoms with Crippen molar-refractivity contribution in [2.75, 3.05) is 4.90 Å². The quantitative estimate of drug-likeness (QED) is 0.406. The van der Waals surface area contributed by atoms with Gasteiger partial charge < -0.3 is 19.8 Å². The first-order valence-electron chi connectivity index (χ1n) is 12.1. The predicted molar refractivity (Wildman–Crippen MR) is 134 cm³/mol. The van der Waals surface area contributed by atoms with E-state index in [1.807, 2.05) is 24.3 Å². The normalized spacial score (nSPS) is 23.6. The van der Waals surface area contributed by atoms with Gasteiger partial charge in [-0.1, -0.05) is 34.4 Å². The summed E-state index contributed by atoms with van der Waals surface area (Å²) >= 11 is 13.0. The Hall–Kier alpha value is -2.61. The number of nitrogens with one attached hydrogen (secondary N) is 1. The Morgan fingerprint density at radius 3 is 2.40 bits per heavy atom. The summed E-state index contributed by atoms with van der Waals surface area (Å²) in [6.45, 7) is 0.655. The Morgan fingerprint density at radius 1 is 1.09 bits per heavy atom. The minimum Gasteiger partial charge on any atom is -0.478 e. The van der Waals surface area contributed by atoms with Crippen molar-refractivity contribution in [2.24, 2.45) is 0 Å². The summed E-state index contributed by atoms with van der Waals surface area (Å²) in [7, 11) is 0. The molecular weight excluding hydrogens is 487 g/mol. The highest BCUT2D eigenvalue weighted by molar-refractivity contribution is 6.39. The maximum absolute atomic E-state index is 11.2. The number of carboxylic acids is 1. The first-order chi connectivity index (χ1) is 17.0. The van der Waals surface area contributed by atoms with Gasteiger partial charge in [-0.3, -0.25) is 0 Å². The summed E-state index contributed by atoms with van der Waals surface area (Å²) in [6.07, 6.45) is 7.94. The number of nitrogens with zero attached hydrogens (tertiary/aromatic N) is 3. The van der Waals surface area contributed by atoms with Crippen LogP contribution in [0.3, 0.4) is 0 Å². The molecule has 1 aromatic carbocycles. The van der Waals surface area contributed by atoms with Crippen LogP contribution < -0.4 is 10.2 Å². The SMILES string of the molecule is O=C(O)c1ccc(N2C3CCC2CC(NCc2c(-c4c(Cl)cccc4Cl)noc2C2CC2)C3)nc1. The van der Waals surface area contributed by atoms with E-state index >= 15 is 0 Å². The van der Waals surface area contributed by atoms with Crippen molar-refractivity contribution in [1.82, 2.24) is 15.5 Å². The third-order valence-electron chi connectivity index (χ3n) is 7.53. The van der Waals surface area contributed by atoms with Crippen LogP contribution in [0.1, 0.15) is 66.1 Å². The molecule has 0 spiro atoms. The number of carboxylic acid groups (broad SMARTS) is 1. The van der Waals surface area contributed by atoms with Crippen LogP contribution in [-0.4, -0.2) is 39.3 Å². The number of pyridine rings is 1. The van der Waals surface area contributed by atoms with E-state index in [2.05, 4.69) is 20.4 Å². The molecule has 1 aliphatic carbocycles. The third-order valence-corrected chi connectivity index (χ3v) is 8.16. The zero-order valence-corrected chi connectivity index (χ0v) is 20.6. The van der Waals surface area contributed by atoms with E-state index in [9.17, 15) is 4.79 Å². The van der Waals surface area contributed by atoms with Crippen LogP contribution in [0.25, 0.3) is 11.3 Å². The molecule has 2 saturated heterocycles. The topological polar surface area (TPSA) is 91.5 Å². The number of halogens is 2. The summed E-state index contributed by atoms with van der Waals surface area (Å²) in [4.78, 5) is 18.0. The van der Waals surface area contributed by atoms with E-state index in [0.29, 0.717) is 40.6 Å². The predicted octanol–water partition coefficient (Wildman–Crippen LogP) is 5.91. The number of piperidine rings is 1. The van der Waals surface area contributed by atoms with Crippen molar-refractivity contribution >= 4 is 35.0 Å². The lowest BCUT2D eigenvalue weighted by molar-refractivity contribution is 0.0696. The number of benzene rings is 1. The monoisotopic (exact) mass is 512 g/mol. The van der Waals surface area contributed by atoms with Gasteiger partial charge in [-0.2, -0.15) is 0 Å². The maximum atomic E-state index is 11.2. The van der Waals surface area contributed by atoms with Crippen LogP contribution >= 0.6 is 23.2 Å². The molecule has 7 nitrogen and oxygen atoms in total. The van der Waals surface area contributed by atoms with E-state index < -0.39 is 5.97 Å². The van der Waals surface area contributed by atoms with Gasteiger partial charge in [-0.15, -0.1) is 0 Å². The summed E-state index contributed by atoms with van der Waals surface area (Å²) in [5, 5.41) is 18.5. The zero-order chi connectivity index (χ0) is 24.1. The fourth-order valence-electron chi connectivity index (χ4n) is 5.71. The Labute approximate surface area is 213 Å². The summed E-state index contributed by atoms with van der Waals surface area (Å²) in [6, 6.07) is 10.1. The highest BCUT2D eigenvalue weighted by atomic mass is 35.5. The molecule has 2 unspecified atom stereocenters. The molecule has 4 heterocycles. The summed E-state index contributed by atoms with van der Waals surface area (Å²) in [5.41, 5.74) is 2.74. The molecule has 0 amide bonds. The van der Waals surface area contributed by atoms with Crippen molar-refractivity contribution in [3.63, 3.8) is 0 Å². The largest absolute Gasteiger partial charge is 0.478 e. The number of fused-ring (bicyclic) bond motifs is 2. The van der Waals surface area contributed by atoms with Crippen molar-refractivity contribution < 1.29 is 14.4 Å². The Bertz CT molecular complexity index is 1220. The lowest BCUT2D eigenvalue weighted by Gasteiger charge is -2.40. The van der Waals surface area contributed by atoms with Gasteiger partial charge in [0, 0.05) is 47.9 Å². The minimum absolute atomic E-state index is 0.215. The molecule has 3 aliphatic rings. The molecule has 2 aliphatic heterocycles. The maximum Gasteiger partial charge on any atom is 0.337 e. The number of anilines is 1. The fourth-order valence-corrected chi connectivity index (χ4v) is 6.29. The molecule has 9 heteroatoms. The molecule has 0 radical (unpaired) electrons. The van der Waals surface area contributed by atoms with Crippen molar-refractivity contribution in [1.29, 1.82) is 0 Å². The molecule has 35 heavy (non-hydrogen) atoms. The molecule has 2 atom stereocenters. The average Bonchev–Trinajstić information content (AvgIpc) is 3.55. The molecule has 182 valence electrons. The van der Waals surface area contributed by atoms with Gasteiger partial charge in [0.15, 0.2) is 0 Å². The third kappa shape index (κ3) is 4.30. The van der Waals surface area contributed by atoms with Gasteiger partial charge in [0.2, 0.25) is 0 Å². The first-order valence-corrected chi connectivity index (χ1v) is 12.9. The van der Waals surface area contributed by atoms with Crippen molar-refractivity contribution in [3.05, 3.63) is 63.5 Å². The van der Waals surface area contributed by atoms with Crippen LogP contribution in [-0.2, 0) is 6.54 Å². The molecule has 3 fully saturated rings. The summed E-state index contributed by atoms with van der Waals surface area (Å²) < 4.78 is 5.81. The minimum atomic E-state index is -0.952. The number of rotatable bonds is 7.